The molecule has 1 atom stereocenters. The van der Waals surface area contributed by atoms with Gasteiger partial charge < -0.3 is 5.32 Å². The number of fused-ring (bicyclic) bond motifs is 1. The topological polar surface area (TPSA) is 58.2 Å². The van der Waals surface area contributed by atoms with Crippen molar-refractivity contribution < 1.29 is 9.59 Å². The van der Waals surface area contributed by atoms with E-state index in [2.05, 4.69) is 36.6 Å². The minimum Gasteiger partial charge on any atom is -0.323 e. The molecule has 0 saturated carbocycles. The number of hydrogen-bond donors (Lipinski definition) is 2. The van der Waals surface area contributed by atoms with Crippen LogP contribution in [0.4, 0.5) is 4.79 Å². The van der Waals surface area contributed by atoms with E-state index in [1.165, 1.54) is 16.7 Å². The Balaban J connectivity index is 2.00. The molecule has 1 aromatic carbocycles. The quantitative estimate of drug-likeness (QED) is 0.756. The summed E-state index contributed by atoms with van der Waals surface area (Å²) < 4.78 is 0. The molecule has 0 radical (unpaired) electrons. The van der Waals surface area contributed by atoms with E-state index in [-0.39, 0.29) is 11.9 Å². The van der Waals surface area contributed by atoms with Crippen molar-refractivity contribution in [3.05, 3.63) is 34.9 Å². The monoisotopic (exact) mass is 258 g/mol. The highest BCUT2D eigenvalue weighted by molar-refractivity contribution is 6.07. The van der Waals surface area contributed by atoms with Gasteiger partial charge in [-0.2, -0.15) is 0 Å². The van der Waals surface area contributed by atoms with Crippen molar-refractivity contribution in [2.24, 2.45) is 0 Å². The third-order valence-corrected chi connectivity index (χ3v) is 4.24. The number of amides is 3. The zero-order valence-corrected chi connectivity index (χ0v) is 11.2. The standard InChI is InChI=1S/C15H18N2O2/c1-9(2)11-5-3-4-10-8-15(7-6-12(10)11)13(18)16-14(19)17-15/h3-5,9H,6-8H2,1-2H3,(H2,16,17,18,19). The fraction of sp³-hybridized carbons (Fsp3) is 0.467. The molecule has 1 aliphatic carbocycles. The second-order valence-corrected chi connectivity index (χ2v) is 5.81. The Morgan fingerprint density at radius 3 is 2.68 bits per heavy atom. The first-order valence-electron chi connectivity index (χ1n) is 6.76. The van der Waals surface area contributed by atoms with Crippen molar-refractivity contribution in [3.8, 4) is 0 Å². The second-order valence-electron chi connectivity index (χ2n) is 5.81. The molecule has 1 aromatic rings. The largest absolute Gasteiger partial charge is 0.323 e. The molecular formula is C15H18N2O2. The third kappa shape index (κ3) is 1.82. The van der Waals surface area contributed by atoms with E-state index >= 15 is 0 Å². The van der Waals surface area contributed by atoms with Crippen LogP contribution in [0.3, 0.4) is 0 Å². The van der Waals surface area contributed by atoms with Crippen molar-refractivity contribution in [3.63, 3.8) is 0 Å². The Morgan fingerprint density at radius 1 is 1.26 bits per heavy atom. The smallest absolute Gasteiger partial charge is 0.322 e. The molecule has 2 N–H and O–H groups in total. The number of benzene rings is 1. The molecule has 1 aliphatic heterocycles. The van der Waals surface area contributed by atoms with Gasteiger partial charge in [0, 0.05) is 6.42 Å². The highest BCUT2D eigenvalue weighted by Gasteiger charge is 2.48. The molecule has 2 aliphatic rings. The lowest BCUT2D eigenvalue weighted by molar-refractivity contribution is -0.124. The van der Waals surface area contributed by atoms with Crippen LogP contribution in [0, 0.1) is 0 Å². The first-order chi connectivity index (χ1) is 9.02. The predicted molar refractivity (Wildman–Crippen MR) is 72.0 cm³/mol. The van der Waals surface area contributed by atoms with Crippen LogP contribution in [-0.4, -0.2) is 17.5 Å². The number of rotatable bonds is 1. The Morgan fingerprint density at radius 2 is 2.05 bits per heavy atom. The second kappa shape index (κ2) is 4.08. The van der Waals surface area contributed by atoms with Gasteiger partial charge in [0.25, 0.3) is 5.91 Å². The highest BCUT2D eigenvalue weighted by atomic mass is 16.2. The van der Waals surface area contributed by atoms with Gasteiger partial charge in [-0.25, -0.2) is 4.79 Å². The molecule has 100 valence electrons. The van der Waals surface area contributed by atoms with E-state index in [1.807, 2.05) is 6.07 Å². The van der Waals surface area contributed by atoms with Gasteiger partial charge >= 0.3 is 6.03 Å². The summed E-state index contributed by atoms with van der Waals surface area (Å²) in [6.07, 6.45) is 2.12. The summed E-state index contributed by atoms with van der Waals surface area (Å²) in [4.78, 5) is 23.4. The first-order valence-corrected chi connectivity index (χ1v) is 6.76. The lowest BCUT2D eigenvalue weighted by atomic mass is 9.75. The van der Waals surface area contributed by atoms with Crippen LogP contribution in [-0.2, 0) is 17.6 Å². The van der Waals surface area contributed by atoms with Crippen molar-refractivity contribution in [1.29, 1.82) is 0 Å². The predicted octanol–water partition coefficient (Wildman–Crippen LogP) is 1.88. The first kappa shape index (κ1) is 12.2. The average molecular weight is 258 g/mol. The molecule has 1 spiro atoms. The average Bonchev–Trinajstić information content (AvgIpc) is 2.62. The summed E-state index contributed by atoms with van der Waals surface area (Å²) in [5.41, 5.74) is 3.18. The summed E-state index contributed by atoms with van der Waals surface area (Å²) in [7, 11) is 0. The van der Waals surface area contributed by atoms with E-state index in [0.29, 0.717) is 18.8 Å². The van der Waals surface area contributed by atoms with E-state index < -0.39 is 5.54 Å². The zero-order chi connectivity index (χ0) is 13.6. The lowest BCUT2D eigenvalue weighted by Gasteiger charge is -2.33. The van der Waals surface area contributed by atoms with E-state index in [9.17, 15) is 9.59 Å². The summed E-state index contributed by atoms with van der Waals surface area (Å²) in [6, 6.07) is 5.91. The Bertz CT molecular complexity index is 565. The van der Waals surface area contributed by atoms with Crippen LogP contribution < -0.4 is 10.6 Å². The number of carbonyl (C=O) groups is 2. The number of carbonyl (C=O) groups excluding carboxylic acids is 2. The van der Waals surface area contributed by atoms with E-state index in [1.54, 1.807) is 0 Å². The minimum atomic E-state index is -0.723. The summed E-state index contributed by atoms with van der Waals surface area (Å²) in [5.74, 6) is 0.300. The maximum absolute atomic E-state index is 12.0. The third-order valence-electron chi connectivity index (χ3n) is 4.24. The molecular weight excluding hydrogens is 240 g/mol. The SMILES string of the molecule is CC(C)c1cccc2c1CCC1(C2)NC(=O)NC1=O. The molecule has 1 unspecified atom stereocenters. The van der Waals surface area contributed by atoms with E-state index in [0.717, 1.165) is 6.42 Å². The fourth-order valence-corrected chi connectivity index (χ4v) is 3.25. The number of urea groups is 1. The number of hydrogen-bond acceptors (Lipinski definition) is 2. The molecule has 4 heteroatoms. The van der Waals surface area contributed by atoms with Gasteiger partial charge in [0.05, 0.1) is 0 Å². The van der Waals surface area contributed by atoms with Gasteiger partial charge in [-0.3, -0.25) is 10.1 Å². The lowest BCUT2D eigenvalue weighted by Crippen LogP contribution is -2.51. The van der Waals surface area contributed by atoms with Gasteiger partial charge in [0.2, 0.25) is 0 Å². The maximum Gasteiger partial charge on any atom is 0.322 e. The zero-order valence-electron chi connectivity index (χ0n) is 11.2. The number of nitrogens with one attached hydrogen (secondary N) is 2. The molecule has 3 rings (SSSR count). The Hall–Kier alpha value is -1.84. The fourth-order valence-electron chi connectivity index (χ4n) is 3.25. The summed E-state index contributed by atoms with van der Waals surface area (Å²) in [6.45, 7) is 4.37. The van der Waals surface area contributed by atoms with E-state index in [4.69, 9.17) is 0 Å². The molecule has 0 aromatic heterocycles. The Labute approximate surface area is 112 Å². The van der Waals surface area contributed by atoms with Crippen molar-refractivity contribution >= 4 is 11.9 Å². The normalized spacial score (nSPS) is 25.4. The molecule has 4 nitrogen and oxygen atoms in total. The summed E-state index contributed by atoms with van der Waals surface area (Å²) in [5, 5.41) is 5.17. The highest BCUT2D eigenvalue weighted by Crippen LogP contribution is 2.34. The summed E-state index contributed by atoms with van der Waals surface area (Å²) >= 11 is 0. The minimum absolute atomic E-state index is 0.182. The van der Waals surface area contributed by atoms with Gasteiger partial charge in [-0.05, 0) is 35.4 Å². The molecule has 19 heavy (non-hydrogen) atoms. The molecule has 1 saturated heterocycles. The van der Waals surface area contributed by atoms with Gasteiger partial charge in [0.15, 0.2) is 0 Å². The van der Waals surface area contributed by atoms with Crippen molar-refractivity contribution in [2.45, 2.75) is 44.6 Å². The van der Waals surface area contributed by atoms with Crippen molar-refractivity contribution in [1.82, 2.24) is 10.6 Å². The van der Waals surface area contributed by atoms with Crippen LogP contribution in [0.1, 0.15) is 42.9 Å². The molecule has 3 amide bonds. The van der Waals surface area contributed by atoms with Crippen LogP contribution in [0.2, 0.25) is 0 Å². The van der Waals surface area contributed by atoms with Crippen LogP contribution in [0.15, 0.2) is 18.2 Å². The molecule has 1 heterocycles. The van der Waals surface area contributed by atoms with Crippen LogP contribution in [0.25, 0.3) is 0 Å². The van der Waals surface area contributed by atoms with Gasteiger partial charge in [-0.1, -0.05) is 32.0 Å². The maximum atomic E-state index is 12.0. The van der Waals surface area contributed by atoms with Gasteiger partial charge in [-0.15, -0.1) is 0 Å². The molecule has 0 bridgehead atoms. The number of imide groups is 1. The molecule has 1 fully saturated rings. The van der Waals surface area contributed by atoms with Crippen LogP contribution in [0.5, 0.6) is 0 Å². The van der Waals surface area contributed by atoms with Crippen molar-refractivity contribution in [2.75, 3.05) is 0 Å². The van der Waals surface area contributed by atoms with Crippen LogP contribution >= 0.6 is 0 Å². The Kier molecular flexibility index (Phi) is 2.62. The van der Waals surface area contributed by atoms with Gasteiger partial charge in [0.1, 0.15) is 5.54 Å².